The normalized spacial score (nSPS) is 13.9. The number of pyridine rings is 1. The van der Waals surface area contributed by atoms with Gasteiger partial charge >= 0.3 is 0 Å². The lowest BCUT2D eigenvalue weighted by Gasteiger charge is -2.29. The van der Waals surface area contributed by atoms with Crippen molar-refractivity contribution in [3.8, 4) is 0 Å². The van der Waals surface area contributed by atoms with Crippen LogP contribution in [0.1, 0.15) is 21.6 Å². The Morgan fingerprint density at radius 2 is 2.15 bits per heavy atom. The molecular weight excluding hydrogens is 318 g/mol. The summed E-state index contributed by atoms with van der Waals surface area (Å²) in [4.78, 5) is 18.5. The second-order valence-corrected chi connectivity index (χ2v) is 5.65. The molecule has 0 saturated heterocycles. The van der Waals surface area contributed by atoms with Crippen LogP contribution in [0.2, 0.25) is 0 Å². The Morgan fingerprint density at radius 1 is 1.30 bits per heavy atom. The molecule has 1 aromatic heterocycles. The SMILES string of the molecule is Nc1cccc2c1CN(C(=O)c1ncccc1Br)CC2. The van der Waals surface area contributed by atoms with Gasteiger partial charge in [0.15, 0.2) is 0 Å². The number of aromatic nitrogens is 1. The smallest absolute Gasteiger partial charge is 0.273 e. The summed E-state index contributed by atoms with van der Waals surface area (Å²) in [5.41, 5.74) is 9.49. The number of nitrogen functional groups attached to an aromatic ring is 1. The summed E-state index contributed by atoms with van der Waals surface area (Å²) in [6.45, 7) is 1.24. The predicted octanol–water partition coefficient (Wildman–Crippen LogP) is 2.62. The molecule has 1 aromatic carbocycles. The predicted molar refractivity (Wildman–Crippen MR) is 81.2 cm³/mol. The van der Waals surface area contributed by atoms with Crippen molar-refractivity contribution in [2.75, 3.05) is 12.3 Å². The van der Waals surface area contributed by atoms with Crippen LogP contribution in [-0.4, -0.2) is 22.3 Å². The van der Waals surface area contributed by atoms with Gasteiger partial charge in [-0.1, -0.05) is 12.1 Å². The van der Waals surface area contributed by atoms with Gasteiger partial charge in [-0.25, -0.2) is 4.98 Å². The van der Waals surface area contributed by atoms with E-state index in [1.54, 1.807) is 17.2 Å². The van der Waals surface area contributed by atoms with E-state index in [1.807, 2.05) is 18.2 Å². The van der Waals surface area contributed by atoms with Crippen molar-refractivity contribution in [2.24, 2.45) is 0 Å². The number of rotatable bonds is 1. The second-order valence-electron chi connectivity index (χ2n) is 4.80. The number of hydrogen-bond donors (Lipinski definition) is 1. The maximum absolute atomic E-state index is 12.5. The van der Waals surface area contributed by atoms with Crippen LogP contribution in [0.15, 0.2) is 41.0 Å². The molecule has 1 aliphatic heterocycles. The van der Waals surface area contributed by atoms with Gasteiger partial charge in [0.05, 0.1) is 0 Å². The first-order valence-corrected chi connectivity index (χ1v) is 7.22. The van der Waals surface area contributed by atoms with Crippen LogP contribution in [0.5, 0.6) is 0 Å². The number of carbonyl (C=O) groups excluding carboxylic acids is 1. The molecule has 3 rings (SSSR count). The molecule has 0 unspecified atom stereocenters. The third-order valence-corrected chi connectivity index (χ3v) is 4.20. The fourth-order valence-corrected chi connectivity index (χ4v) is 2.90. The molecule has 2 aromatic rings. The lowest BCUT2D eigenvalue weighted by atomic mass is 9.98. The van der Waals surface area contributed by atoms with Crippen LogP contribution >= 0.6 is 15.9 Å². The molecule has 0 fully saturated rings. The Kier molecular flexibility index (Phi) is 3.44. The van der Waals surface area contributed by atoms with Gasteiger partial charge in [-0.3, -0.25) is 4.79 Å². The van der Waals surface area contributed by atoms with Crippen molar-refractivity contribution in [1.29, 1.82) is 0 Å². The van der Waals surface area contributed by atoms with E-state index in [4.69, 9.17) is 5.73 Å². The summed E-state index contributed by atoms with van der Waals surface area (Å²) in [6, 6.07) is 9.53. The Morgan fingerprint density at radius 3 is 2.95 bits per heavy atom. The van der Waals surface area contributed by atoms with Gasteiger partial charge in [0.25, 0.3) is 5.91 Å². The standard InChI is InChI=1S/C15H14BrN3O/c16-12-4-2-7-18-14(12)15(20)19-8-6-10-3-1-5-13(17)11(10)9-19/h1-5,7H,6,8-9,17H2. The van der Waals surface area contributed by atoms with Crippen molar-refractivity contribution >= 4 is 27.5 Å². The topological polar surface area (TPSA) is 59.2 Å². The Labute approximate surface area is 125 Å². The summed E-state index contributed by atoms with van der Waals surface area (Å²) in [5, 5.41) is 0. The molecule has 0 aliphatic carbocycles. The highest BCUT2D eigenvalue weighted by Gasteiger charge is 2.24. The number of amides is 1. The average molecular weight is 332 g/mol. The zero-order chi connectivity index (χ0) is 14.1. The molecule has 1 amide bonds. The van der Waals surface area contributed by atoms with E-state index in [0.29, 0.717) is 18.8 Å². The van der Waals surface area contributed by atoms with E-state index >= 15 is 0 Å². The highest BCUT2D eigenvalue weighted by atomic mass is 79.9. The molecule has 2 N–H and O–H groups in total. The lowest BCUT2D eigenvalue weighted by molar-refractivity contribution is 0.0728. The zero-order valence-corrected chi connectivity index (χ0v) is 12.4. The summed E-state index contributed by atoms with van der Waals surface area (Å²) < 4.78 is 0.719. The van der Waals surface area contributed by atoms with Gasteiger partial charge in [-0.2, -0.15) is 0 Å². The number of benzene rings is 1. The van der Waals surface area contributed by atoms with E-state index in [0.717, 1.165) is 22.1 Å². The van der Waals surface area contributed by atoms with Crippen molar-refractivity contribution in [1.82, 2.24) is 9.88 Å². The number of carbonyl (C=O) groups is 1. The Balaban J connectivity index is 1.89. The fraction of sp³-hybridized carbons (Fsp3) is 0.200. The first-order valence-electron chi connectivity index (χ1n) is 6.43. The van der Waals surface area contributed by atoms with E-state index in [1.165, 1.54) is 5.56 Å². The summed E-state index contributed by atoms with van der Waals surface area (Å²) in [5.74, 6) is -0.0635. The summed E-state index contributed by atoms with van der Waals surface area (Å²) in [6.07, 6.45) is 2.46. The van der Waals surface area contributed by atoms with E-state index in [9.17, 15) is 4.79 Å². The molecule has 1 aliphatic rings. The number of halogens is 1. The number of anilines is 1. The first kappa shape index (κ1) is 13.1. The van der Waals surface area contributed by atoms with Crippen LogP contribution in [0.25, 0.3) is 0 Å². The molecule has 0 atom stereocenters. The minimum Gasteiger partial charge on any atom is -0.398 e. The molecular formula is C15H14BrN3O. The van der Waals surface area contributed by atoms with Crippen molar-refractivity contribution < 1.29 is 4.79 Å². The molecule has 2 heterocycles. The maximum atomic E-state index is 12.5. The van der Waals surface area contributed by atoms with Crippen LogP contribution in [0.3, 0.4) is 0 Å². The average Bonchev–Trinajstić information content (AvgIpc) is 2.47. The largest absolute Gasteiger partial charge is 0.398 e. The molecule has 102 valence electrons. The fourth-order valence-electron chi connectivity index (χ4n) is 2.47. The molecule has 20 heavy (non-hydrogen) atoms. The number of hydrogen-bond acceptors (Lipinski definition) is 3. The molecule has 0 spiro atoms. The van der Waals surface area contributed by atoms with Gasteiger partial charge in [-0.05, 0) is 51.7 Å². The van der Waals surface area contributed by atoms with E-state index < -0.39 is 0 Å². The minimum absolute atomic E-state index is 0.0635. The molecule has 5 heteroatoms. The highest BCUT2D eigenvalue weighted by molar-refractivity contribution is 9.10. The van der Waals surface area contributed by atoms with Crippen molar-refractivity contribution in [3.63, 3.8) is 0 Å². The monoisotopic (exact) mass is 331 g/mol. The number of fused-ring (bicyclic) bond motifs is 1. The summed E-state index contributed by atoms with van der Waals surface area (Å²) >= 11 is 3.37. The lowest BCUT2D eigenvalue weighted by Crippen LogP contribution is -2.36. The van der Waals surface area contributed by atoms with Gasteiger partial charge in [0.2, 0.25) is 0 Å². The quantitative estimate of drug-likeness (QED) is 0.817. The Hall–Kier alpha value is -1.88. The molecule has 0 radical (unpaired) electrons. The summed E-state index contributed by atoms with van der Waals surface area (Å²) in [7, 11) is 0. The van der Waals surface area contributed by atoms with Gasteiger partial charge in [-0.15, -0.1) is 0 Å². The van der Waals surface area contributed by atoms with E-state index in [-0.39, 0.29) is 5.91 Å². The third-order valence-electron chi connectivity index (χ3n) is 3.56. The highest BCUT2D eigenvalue weighted by Crippen LogP contribution is 2.26. The molecule has 0 bridgehead atoms. The molecule has 0 saturated carbocycles. The van der Waals surface area contributed by atoms with Gasteiger partial charge < -0.3 is 10.6 Å². The van der Waals surface area contributed by atoms with Crippen molar-refractivity contribution in [2.45, 2.75) is 13.0 Å². The van der Waals surface area contributed by atoms with Gasteiger partial charge in [0.1, 0.15) is 5.69 Å². The van der Waals surface area contributed by atoms with Crippen molar-refractivity contribution in [3.05, 3.63) is 57.8 Å². The maximum Gasteiger partial charge on any atom is 0.273 e. The van der Waals surface area contributed by atoms with Crippen LogP contribution in [0, 0.1) is 0 Å². The van der Waals surface area contributed by atoms with Crippen LogP contribution in [-0.2, 0) is 13.0 Å². The van der Waals surface area contributed by atoms with Gasteiger partial charge in [0, 0.05) is 29.4 Å². The molecule has 4 nitrogen and oxygen atoms in total. The van der Waals surface area contributed by atoms with Crippen LogP contribution < -0.4 is 5.73 Å². The minimum atomic E-state index is -0.0635. The Bertz CT molecular complexity index is 672. The first-order chi connectivity index (χ1) is 9.66. The second kappa shape index (κ2) is 5.25. The van der Waals surface area contributed by atoms with Crippen LogP contribution in [0.4, 0.5) is 5.69 Å². The van der Waals surface area contributed by atoms with E-state index in [2.05, 4.69) is 27.0 Å². The number of nitrogens with zero attached hydrogens (tertiary/aromatic N) is 2. The number of nitrogens with two attached hydrogens (primary N) is 1. The third kappa shape index (κ3) is 2.29. The zero-order valence-electron chi connectivity index (χ0n) is 10.8.